The quantitative estimate of drug-likeness (QED) is 0.824. The maximum atomic E-state index is 12.6. The van der Waals surface area contributed by atoms with Crippen LogP contribution in [0.3, 0.4) is 0 Å². The number of carbonyl (C=O) groups is 1. The number of nitrogens with two attached hydrogens (primary N) is 1. The Morgan fingerprint density at radius 3 is 2.57 bits per heavy atom. The van der Waals surface area contributed by atoms with E-state index >= 15 is 0 Å². The van der Waals surface area contributed by atoms with Crippen LogP contribution in [0.5, 0.6) is 0 Å². The molecule has 2 rings (SSSR count). The third-order valence-corrected chi connectivity index (χ3v) is 5.41. The maximum Gasteiger partial charge on any atom is 0.224 e. The highest BCUT2D eigenvalue weighted by Crippen LogP contribution is 2.34. The molecule has 2 fully saturated rings. The molecule has 23 heavy (non-hydrogen) atoms. The number of nitrogens with one attached hydrogen (secondary N) is 1. The van der Waals surface area contributed by atoms with E-state index in [0.717, 1.165) is 45.1 Å². The first-order valence-corrected chi connectivity index (χ1v) is 8.90. The van der Waals surface area contributed by atoms with Crippen molar-refractivity contribution in [2.24, 2.45) is 23.0 Å². The monoisotopic (exact) mass is 346 g/mol. The van der Waals surface area contributed by atoms with E-state index in [0.29, 0.717) is 12.5 Å². The lowest BCUT2D eigenvalue weighted by atomic mass is 9.74. The van der Waals surface area contributed by atoms with Crippen molar-refractivity contribution in [3.8, 4) is 0 Å². The molecule has 0 radical (unpaired) electrons. The zero-order chi connectivity index (χ0) is 16.4. The second kappa shape index (κ2) is 8.17. The predicted molar refractivity (Wildman–Crippen MR) is 96.7 cm³/mol. The topological polar surface area (TPSA) is 64.3 Å². The number of hydrogen-bond acceptors (Lipinski definition) is 3. The molecule has 0 aromatic carbocycles. The van der Waals surface area contributed by atoms with Gasteiger partial charge in [0.05, 0.1) is 12.0 Å². The van der Waals surface area contributed by atoms with Crippen LogP contribution in [-0.2, 0) is 9.53 Å². The smallest absolute Gasteiger partial charge is 0.224 e. The van der Waals surface area contributed by atoms with E-state index in [2.05, 4.69) is 26.1 Å². The van der Waals surface area contributed by atoms with Crippen LogP contribution < -0.4 is 11.1 Å². The van der Waals surface area contributed by atoms with E-state index in [-0.39, 0.29) is 41.3 Å². The van der Waals surface area contributed by atoms with Crippen LogP contribution in [0.25, 0.3) is 0 Å². The molecule has 4 unspecified atom stereocenters. The molecule has 3 N–H and O–H groups in total. The lowest BCUT2D eigenvalue weighted by molar-refractivity contribution is -0.129. The van der Waals surface area contributed by atoms with Crippen molar-refractivity contribution in [3.63, 3.8) is 0 Å². The second-order valence-electron chi connectivity index (χ2n) is 8.61. The molecule has 0 aromatic heterocycles. The van der Waals surface area contributed by atoms with Crippen LogP contribution in [0.2, 0.25) is 0 Å². The van der Waals surface area contributed by atoms with Gasteiger partial charge in [0.25, 0.3) is 0 Å². The van der Waals surface area contributed by atoms with Crippen molar-refractivity contribution in [1.29, 1.82) is 0 Å². The first kappa shape index (κ1) is 20.7. The van der Waals surface area contributed by atoms with Crippen molar-refractivity contribution in [2.75, 3.05) is 13.2 Å². The van der Waals surface area contributed by atoms with Crippen molar-refractivity contribution in [1.82, 2.24) is 5.32 Å². The number of halogens is 1. The molecule has 4 nitrogen and oxygen atoms in total. The average Bonchev–Trinajstić information content (AvgIpc) is 2.43. The fourth-order valence-electron chi connectivity index (χ4n) is 4.15. The van der Waals surface area contributed by atoms with Gasteiger partial charge in [-0.2, -0.15) is 0 Å². The molecule has 1 aliphatic carbocycles. The van der Waals surface area contributed by atoms with Gasteiger partial charge >= 0.3 is 0 Å². The minimum atomic E-state index is -0.352. The second-order valence-corrected chi connectivity index (χ2v) is 8.61. The fraction of sp³-hybridized carbons (Fsp3) is 0.944. The zero-order valence-electron chi connectivity index (χ0n) is 15.2. The predicted octanol–water partition coefficient (Wildman–Crippen LogP) is 3.27. The van der Waals surface area contributed by atoms with Crippen LogP contribution in [-0.4, -0.2) is 30.7 Å². The zero-order valence-corrected chi connectivity index (χ0v) is 16.0. The summed E-state index contributed by atoms with van der Waals surface area (Å²) < 4.78 is 6.00. The number of rotatable bonds is 3. The summed E-state index contributed by atoms with van der Waals surface area (Å²) in [6, 6.07) is 0. The summed E-state index contributed by atoms with van der Waals surface area (Å²) in [5.41, 5.74) is 6.10. The van der Waals surface area contributed by atoms with Crippen molar-refractivity contribution in [3.05, 3.63) is 0 Å². The van der Waals surface area contributed by atoms with Gasteiger partial charge in [-0.3, -0.25) is 4.79 Å². The van der Waals surface area contributed by atoms with Crippen molar-refractivity contribution in [2.45, 2.75) is 77.9 Å². The van der Waals surface area contributed by atoms with Gasteiger partial charge in [-0.05, 0) is 38.0 Å². The fourth-order valence-corrected chi connectivity index (χ4v) is 4.15. The molecule has 136 valence electrons. The molecule has 4 atom stereocenters. The van der Waals surface area contributed by atoms with Gasteiger partial charge in [0.1, 0.15) is 0 Å². The highest BCUT2D eigenvalue weighted by Gasteiger charge is 2.39. The van der Waals surface area contributed by atoms with Gasteiger partial charge in [0, 0.05) is 24.6 Å². The maximum absolute atomic E-state index is 12.6. The average molecular weight is 347 g/mol. The summed E-state index contributed by atoms with van der Waals surface area (Å²) in [6.07, 6.45) is 6.56. The first-order valence-electron chi connectivity index (χ1n) is 8.90. The van der Waals surface area contributed by atoms with Gasteiger partial charge in [-0.1, -0.05) is 33.6 Å². The molecule has 1 saturated heterocycles. The summed E-state index contributed by atoms with van der Waals surface area (Å²) in [4.78, 5) is 12.6. The summed E-state index contributed by atoms with van der Waals surface area (Å²) in [6.45, 7) is 10.2. The molecular weight excluding hydrogens is 312 g/mol. The lowest BCUT2D eigenvalue weighted by Crippen LogP contribution is -2.54. The Bertz CT molecular complexity index is 393. The summed E-state index contributed by atoms with van der Waals surface area (Å²) in [5, 5.41) is 3.18. The minimum absolute atomic E-state index is 0. The molecule has 1 heterocycles. The molecule has 0 spiro atoms. The SMILES string of the molecule is CC(C)(C)C1OCCCC1CNC(=O)C1CCCCC1(C)N.Cl. The number of hydrogen-bond donors (Lipinski definition) is 2. The Morgan fingerprint density at radius 1 is 1.26 bits per heavy atom. The van der Waals surface area contributed by atoms with Gasteiger partial charge in [0.15, 0.2) is 0 Å². The molecule has 0 bridgehead atoms. The normalized spacial score (nSPS) is 35.3. The molecule has 2 aliphatic rings. The largest absolute Gasteiger partial charge is 0.377 e. The van der Waals surface area contributed by atoms with Crippen LogP contribution >= 0.6 is 12.4 Å². The molecule has 1 aliphatic heterocycles. The highest BCUT2D eigenvalue weighted by atomic mass is 35.5. The van der Waals surface area contributed by atoms with Gasteiger partial charge in [-0.25, -0.2) is 0 Å². The van der Waals surface area contributed by atoms with Crippen molar-refractivity contribution >= 4 is 18.3 Å². The van der Waals surface area contributed by atoms with E-state index in [1.165, 1.54) is 0 Å². The van der Waals surface area contributed by atoms with E-state index in [1.54, 1.807) is 0 Å². The van der Waals surface area contributed by atoms with E-state index in [1.807, 2.05) is 6.92 Å². The minimum Gasteiger partial charge on any atom is -0.377 e. The molecule has 1 amide bonds. The van der Waals surface area contributed by atoms with E-state index in [4.69, 9.17) is 10.5 Å². The summed E-state index contributed by atoms with van der Waals surface area (Å²) in [5.74, 6) is 0.507. The molecule has 0 aromatic rings. The van der Waals surface area contributed by atoms with E-state index < -0.39 is 0 Å². The van der Waals surface area contributed by atoms with Gasteiger partial charge < -0.3 is 15.8 Å². The number of carbonyl (C=O) groups excluding carboxylic acids is 1. The van der Waals surface area contributed by atoms with Crippen LogP contribution in [0.4, 0.5) is 0 Å². The summed E-state index contributed by atoms with van der Waals surface area (Å²) >= 11 is 0. The lowest BCUT2D eigenvalue weighted by Gasteiger charge is -2.41. The molecule has 5 heteroatoms. The Morgan fingerprint density at radius 2 is 1.96 bits per heavy atom. The molecular formula is C18H35ClN2O2. The number of amides is 1. The van der Waals surface area contributed by atoms with E-state index in [9.17, 15) is 4.79 Å². The Hall–Kier alpha value is -0.320. The standard InChI is InChI=1S/C18H34N2O2.ClH/c1-17(2,3)15-13(8-7-11-22-15)12-20-16(21)14-9-5-6-10-18(14,4)19;/h13-15H,5-12,19H2,1-4H3,(H,20,21);1H. The number of ether oxygens (including phenoxy) is 1. The first-order chi connectivity index (χ1) is 10.2. The highest BCUT2D eigenvalue weighted by molar-refractivity contribution is 5.85. The summed E-state index contributed by atoms with van der Waals surface area (Å²) in [7, 11) is 0. The Balaban J connectivity index is 0.00000264. The molecule has 1 saturated carbocycles. The Kier molecular flexibility index (Phi) is 7.36. The van der Waals surface area contributed by atoms with Gasteiger partial charge in [-0.15, -0.1) is 12.4 Å². The van der Waals surface area contributed by atoms with Crippen LogP contribution in [0, 0.1) is 17.3 Å². The Labute approximate surface area is 147 Å². The third-order valence-electron chi connectivity index (χ3n) is 5.41. The third kappa shape index (κ3) is 5.33. The van der Waals surface area contributed by atoms with Crippen LogP contribution in [0.15, 0.2) is 0 Å². The van der Waals surface area contributed by atoms with Crippen molar-refractivity contribution < 1.29 is 9.53 Å². The van der Waals surface area contributed by atoms with Gasteiger partial charge in [0.2, 0.25) is 5.91 Å². The van der Waals surface area contributed by atoms with Crippen LogP contribution in [0.1, 0.15) is 66.2 Å².